The van der Waals surface area contributed by atoms with Crippen molar-refractivity contribution in [3.05, 3.63) is 36.0 Å². The first kappa shape index (κ1) is 21.4. The second-order valence-electron chi connectivity index (χ2n) is 7.74. The number of fused-ring (bicyclic) bond motifs is 1. The van der Waals surface area contributed by atoms with E-state index in [0.717, 1.165) is 23.7 Å². The Balaban J connectivity index is 1.69. The van der Waals surface area contributed by atoms with Gasteiger partial charge in [0.25, 0.3) is 5.91 Å². The smallest absolute Gasteiger partial charge is 0.303 e. The van der Waals surface area contributed by atoms with Crippen LogP contribution in [0.4, 0.5) is 0 Å². The molecule has 0 bridgehead atoms. The van der Waals surface area contributed by atoms with Crippen molar-refractivity contribution in [3.8, 4) is 6.07 Å². The summed E-state index contributed by atoms with van der Waals surface area (Å²) in [5.74, 6) is -2.00. The summed E-state index contributed by atoms with van der Waals surface area (Å²) in [6.07, 6.45) is 2.93. The number of amides is 2. The van der Waals surface area contributed by atoms with Crippen LogP contribution < -0.4 is 10.6 Å². The molecule has 8 nitrogen and oxygen atoms in total. The number of carboxylic acids is 1. The highest BCUT2D eigenvalue weighted by atomic mass is 16.4. The molecule has 1 aliphatic carbocycles. The molecule has 2 amide bonds. The van der Waals surface area contributed by atoms with Crippen LogP contribution in [0.25, 0.3) is 10.9 Å². The second kappa shape index (κ2) is 9.44. The van der Waals surface area contributed by atoms with Crippen LogP contribution in [0.3, 0.4) is 0 Å². The highest BCUT2D eigenvalue weighted by Crippen LogP contribution is 2.26. The van der Waals surface area contributed by atoms with Crippen LogP contribution in [-0.4, -0.2) is 39.5 Å². The number of nitriles is 1. The van der Waals surface area contributed by atoms with E-state index in [0.29, 0.717) is 18.5 Å². The Morgan fingerprint density at radius 1 is 1.27 bits per heavy atom. The average molecular weight is 410 g/mol. The van der Waals surface area contributed by atoms with Crippen molar-refractivity contribution in [2.24, 2.45) is 13.0 Å². The molecule has 0 spiro atoms. The molecule has 0 saturated heterocycles. The lowest BCUT2D eigenvalue weighted by molar-refractivity contribution is -0.137. The predicted octanol–water partition coefficient (Wildman–Crippen LogP) is 2.34. The maximum atomic E-state index is 12.9. The van der Waals surface area contributed by atoms with Crippen molar-refractivity contribution in [1.29, 1.82) is 5.26 Å². The number of aryl methyl sites for hydroxylation is 1. The van der Waals surface area contributed by atoms with Gasteiger partial charge in [0, 0.05) is 30.4 Å². The zero-order valence-electron chi connectivity index (χ0n) is 16.9. The summed E-state index contributed by atoms with van der Waals surface area (Å²) in [6.45, 7) is 0. The third kappa shape index (κ3) is 4.79. The highest BCUT2D eigenvalue weighted by molar-refractivity contribution is 5.99. The summed E-state index contributed by atoms with van der Waals surface area (Å²) in [7, 11) is 1.84. The molecule has 1 fully saturated rings. The SMILES string of the molecule is Cn1c(C(=O)NC2CCCCC2C(=O)NC(C#N)CCC(=O)O)cc2ccccc21. The third-order valence-corrected chi connectivity index (χ3v) is 5.72. The first-order chi connectivity index (χ1) is 14.4. The Labute approximate surface area is 174 Å². The van der Waals surface area contributed by atoms with E-state index >= 15 is 0 Å². The third-order valence-electron chi connectivity index (χ3n) is 5.72. The number of hydrogen-bond acceptors (Lipinski definition) is 4. The molecule has 8 heteroatoms. The Bertz CT molecular complexity index is 991. The summed E-state index contributed by atoms with van der Waals surface area (Å²) in [5, 5.41) is 24.6. The van der Waals surface area contributed by atoms with Gasteiger partial charge in [0.15, 0.2) is 0 Å². The largest absolute Gasteiger partial charge is 0.481 e. The van der Waals surface area contributed by atoms with Crippen LogP contribution in [0.2, 0.25) is 0 Å². The van der Waals surface area contributed by atoms with Crippen LogP contribution in [0.5, 0.6) is 0 Å². The number of nitrogens with zero attached hydrogens (tertiary/aromatic N) is 2. The number of nitrogens with one attached hydrogen (secondary N) is 2. The molecule has 1 aromatic heterocycles. The maximum absolute atomic E-state index is 12.9. The summed E-state index contributed by atoms with van der Waals surface area (Å²) in [6, 6.07) is 10.3. The number of para-hydroxylation sites is 1. The van der Waals surface area contributed by atoms with Crippen LogP contribution in [0.1, 0.15) is 49.0 Å². The molecular formula is C22H26N4O4. The number of benzene rings is 1. The van der Waals surface area contributed by atoms with Gasteiger partial charge < -0.3 is 20.3 Å². The first-order valence-electron chi connectivity index (χ1n) is 10.2. The van der Waals surface area contributed by atoms with E-state index in [2.05, 4.69) is 10.6 Å². The van der Waals surface area contributed by atoms with Gasteiger partial charge in [0.05, 0.1) is 12.0 Å². The lowest BCUT2D eigenvalue weighted by Crippen LogP contribution is -2.50. The fraction of sp³-hybridized carbons (Fsp3) is 0.455. The van der Waals surface area contributed by atoms with E-state index in [-0.39, 0.29) is 30.7 Å². The van der Waals surface area contributed by atoms with Crippen LogP contribution >= 0.6 is 0 Å². The standard InChI is InChI=1S/C22H26N4O4/c1-26-18-9-5-2-6-14(18)12-19(26)22(30)25-17-8-4-3-7-16(17)21(29)24-15(13-23)10-11-20(27)28/h2,5-6,9,12,15-17H,3-4,7-8,10-11H2,1H3,(H,24,29)(H,25,30)(H,27,28). The van der Waals surface area contributed by atoms with Gasteiger partial charge in [-0.1, -0.05) is 31.0 Å². The Morgan fingerprint density at radius 3 is 2.70 bits per heavy atom. The average Bonchev–Trinajstić information content (AvgIpc) is 3.08. The van der Waals surface area contributed by atoms with Crippen LogP contribution in [0, 0.1) is 17.2 Å². The molecule has 1 saturated carbocycles. The minimum Gasteiger partial charge on any atom is -0.481 e. The van der Waals surface area contributed by atoms with Gasteiger partial charge in [-0.05, 0) is 31.4 Å². The molecule has 3 atom stereocenters. The van der Waals surface area contributed by atoms with Crippen molar-refractivity contribution in [2.75, 3.05) is 0 Å². The molecular weight excluding hydrogens is 384 g/mol. The Hall–Kier alpha value is -3.34. The summed E-state index contributed by atoms with van der Waals surface area (Å²) in [5.41, 5.74) is 1.48. The molecule has 1 heterocycles. The molecule has 1 aromatic carbocycles. The minimum absolute atomic E-state index is 0.0528. The van der Waals surface area contributed by atoms with E-state index in [4.69, 9.17) is 5.11 Å². The van der Waals surface area contributed by atoms with Gasteiger partial charge in [-0.25, -0.2) is 0 Å². The molecule has 0 aliphatic heterocycles. The van der Waals surface area contributed by atoms with E-state index in [1.54, 1.807) is 0 Å². The monoisotopic (exact) mass is 410 g/mol. The Kier molecular flexibility index (Phi) is 6.72. The molecule has 3 rings (SSSR count). The van der Waals surface area contributed by atoms with E-state index in [1.165, 1.54) is 0 Å². The zero-order chi connectivity index (χ0) is 21.7. The van der Waals surface area contributed by atoms with Crippen LogP contribution in [0.15, 0.2) is 30.3 Å². The van der Waals surface area contributed by atoms with Gasteiger partial charge in [-0.15, -0.1) is 0 Å². The van der Waals surface area contributed by atoms with Crippen molar-refractivity contribution in [2.45, 2.75) is 50.6 Å². The van der Waals surface area contributed by atoms with Gasteiger partial charge in [-0.2, -0.15) is 5.26 Å². The topological polar surface area (TPSA) is 124 Å². The number of carbonyl (C=O) groups excluding carboxylic acids is 2. The maximum Gasteiger partial charge on any atom is 0.303 e. The lowest BCUT2D eigenvalue weighted by atomic mass is 9.83. The van der Waals surface area contributed by atoms with Crippen molar-refractivity contribution in [1.82, 2.24) is 15.2 Å². The van der Waals surface area contributed by atoms with Gasteiger partial charge in [0.1, 0.15) is 11.7 Å². The van der Waals surface area contributed by atoms with E-state index in [1.807, 2.05) is 48.0 Å². The second-order valence-corrected chi connectivity index (χ2v) is 7.74. The van der Waals surface area contributed by atoms with Gasteiger partial charge in [0.2, 0.25) is 5.91 Å². The fourth-order valence-corrected chi connectivity index (χ4v) is 4.08. The highest BCUT2D eigenvalue weighted by Gasteiger charge is 2.33. The molecule has 1 aliphatic rings. The molecule has 3 unspecified atom stereocenters. The number of hydrogen-bond donors (Lipinski definition) is 3. The van der Waals surface area contributed by atoms with Gasteiger partial charge in [-0.3, -0.25) is 14.4 Å². The minimum atomic E-state index is -1.01. The summed E-state index contributed by atoms with van der Waals surface area (Å²) >= 11 is 0. The molecule has 2 aromatic rings. The fourth-order valence-electron chi connectivity index (χ4n) is 4.08. The van der Waals surface area contributed by atoms with Crippen molar-refractivity contribution >= 4 is 28.7 Å². The number of carboxylic acid groups (broad SMARTS) is 1. The van der Waals surface area contributed by atoms with Crippen molar-refractivity contribution in [3.63, 3.8) is 0 Å². The van der Waals surface area contributed by atoms with Gasteiger partial charge >= 0.3 is 5.97 Å². The van der Waals surface area contributed by atoms with E-state index < -0.39 is 17.9 Å². The summed E-state index contributed by atoms with van der Waals surface area (Å²) < 4.78 is 1.83. The first-order valence-corrected chi connectivity index (χ1v) is 10.2. The normalized spacial score (nSPS) is 19.6. The van der Waals surface area contributed by atoms with E-state index in [9.17, 15) is 19.6 Å². The molecule has 3 N–H and O–H groups in total. The zero-order valence-corrected chi connectivity index (χ0v) is 16.9. The Morgan fingerprint density at radius 2 is 2.00 bits per heavy atom. The predicted molar refractivity (Wildman–Crippen MR) is 111 cm³/mol. The number of aliphatic carboxylic acids is 1. The lowest BCUT2D eigenvalue weighted by Gasteiger charge is -2.31. The van der Waals surface area contributed by atoms with Crippen molar-refractivity contribution < 1.29 is 19.5 Å². The van der Waals surface area contributed by atoms with Crippen LogP contribution in [-0.2, 0) is 16.6 Å². The quantitative estimate of drug-likeness (QED) is 0.646. The molecule has 0 radical (unpaired) electrons. The summed E-state index contributed by atoms with van der Waals surface area (Å²) in [4.78, 5) is 36.5. The molecule has 158 valence electrons. The number of aromatic nitrogens is 1. The number of carbonyl (C=O) groups is 3. The molecule has 30 heavy (non-hydrogen) atoms. The number of rotatable bonds is 7.